The van der Waals surface area contributed by atoms with Crippen molar-refractivity contribution in [2.24, 2.45) is 0 Å². The van der Waals surface area contributed by atoms with E-state index in [1.807, 2.05) is 11.6 Å². The Bertz CT molecular complexity index is 2000. The van der Waals surface area contributed by atoms with Crippen LogP contribution in [0.25, 0.3) is 0 Å². The first-order chi connectivity index (χ1) is 24.8. The van der Waals surface area contributed by atoms with Crippen LogP contribution in [0, 0.1) is 18.8 Å². The summed E-state index contributed by atoms with van der Waals surface area (Å²) in [4.78, 5) is 28.5. The third kappa shape index (κ3) is 6.47. The fraction of sp³-hybridized carbons (Fsp3) is 0.514. The summed E-state index contributed by atoms with van der Waals surface area (Å²) < 4.78 is 71.9. The highest BCUT2D eigenvalue weighted by molar-refractivity contribution is 5.93. The van der Waals surface area contributed by atoms with E-state index in [1.54, 1.807) is 14.1 Å². The van der Waals surface area contributed by atoms with Crippen molar-refractivity contribution in [3.63, 3.8) is 0 Å². The summed E-state index contributed by atoms with van der Waals surface area (Å²) in [6.07, 6.45) is -2.02. The highest BCUT2D eigenvalue weighted by Crippen LogP contribution is 2.44. The molecule has 2 N–H and O–H groups in total. The minimum Gasteiger partial charge on any atom is -0.461 e. The van der Waals surface area contributed by atoms with E-state index in [1.165, 1.54) is 24.0 Å². The summed E-state index contributed by atoms with van der Waals surface area (Å²) in [5.74, 6) is 5.49. The number of aryl methyl sites for hydroxylation is 1. The zero-order chi connectivity index (χ0) is 36.9. The molecule has 0 radical (unpaired) electrons. The second-order valence-corrected chi connectivity index (χ2v) is 14.3. The van der Waals surface area contributed by atoms with Gasteiger partial charge in [-0.25, -0.2) is 4.39 Å². The standard InChI is InChI=1S/C37H42F4N8O3/c1-5-8-24-13-25(42)14-26(31(24)37(39,40)41)30-15-28-27(20-51-30)33(44-35(43-28)52-21-36-9-6-11-48(36)18-23(16-36)17-38)47-10-7-12-49-29(19-47)22(2)32(45-49)34(50)46(3)4/h13-14,17,30H,6-7,9-12,15-16,18-21,42H2,1-4H3/b23-17-/t30-,36-/m0/s1. The minimum atomic E-state index is -4.71. The van der Waals surface area contributed by atoms with Gasteiger partial charge in [0.05, 0.1) is 48.1 Å². The molecule has 52 heavy (non-hydrogen) atoms. The van der Waals surface area contributed by atoms with Crippen LogP contribution in [0.2, 0.25) is 0 Å². The summed E-state index contributed by atoms with van der Waals surface area (Å²) >= 11 is 0. The number of alkyl halides is 3. The zero-order valence-corrected chi connectivity index (χ0v) is 29.7. The van der Waals surface area contributed by atoms with Crippen molar-refractivity contribution < 1.29 is 31.8 Å². The molecular weight excluding hydrogens is 680 g/mol. The third-order valence-corrected chi connectivity index (χ3v) is 10.6. The lowest BCUT2D eigenvalue weighted by molar-refractivity contribution is -0.140. The highest BCUT2D eigenvalue weighted by atomic mass is 19.4. The first-order valence-electron chi connectivity index (χ1n) is 17.5. The van der Waals surface area contributed by atoms with Gasteiger partial charge >= 0.3 is 12.2 Å². The van der Waals surface area contributed by atoms with Gasteiger partial charge in [-0.1, -0.05) is 5.92 Å². The fourth-order valence-electron chi connectivity index (χ4n) is 8.14. The molecule has 0 saturated carbocycles. The molecule has 2 aromatic heterocycles. The monoisotopic (exact) mass is 722 g/mol. The number of carbonyl (C=O) groups is 1. The molecular formula is C37H42F4N8O3. The van der Waals surface area contributed by atoms with Crippen LogP contribution in [0.5, 0.6) is 6.01 Å². The van der Waals surface area contributed by atoms with Crippen LogP contribution >= 0.6 is 0 Å². The molecule has 1 amide bonds. The average molecular weight is 723 g/mol. The maximum Gasteiger partial charge on any atom is 0.417 e. The second-order valence-electron chi connectivity index (χ2n) is 14.3. The smallest absolute Gasteiger partial charge is 0.417 e. The quantitative estimate of drug-likeness (QED) is 0.204. The second kappa shape index (κ2) is 13.7. The van der Waals surface area contributed by atoms with Crippen molar-refractivity contribution in [2.45, 2.75) is 83.5 Å². The van der Waals surface area contributed by atoms with Gasteiger partial charge in [0.1, 0.15) is 12.4 Å². The topological polar surface area (TPSA) is 115 Å². The van der Waals surface area contributed by atoms with Gasteiger partial charge < -0.3 is 25.0 Å². The summed E-state index contributed by atoms with van der Waals surface area (Å²) in [7, 11) is 3.37. The zero-order valence-electron chi connectivity index (χ0n) is 29.7. The Morgan fingerprint density at radius 2 is 2.00 bits per heavy atom. The number of benzene rings is 1. The lowest BCUT2D eigenvalue weighted by Gasteiger charge is -2.33. The van der Waals surface area contributed by atoms with Gasteiger partial charge in [0.25, 0.3) is 5.91 Å². The number of halogens is 4. The fourth-order valence-corrected chi connectivity index (χ4v) is 8.14. The molecule has 276 valence electrons. The Morgan fingerprint density at radius 1 is 1.19 bits per heavy atom. The van der Waals surface area contributed by atoms with Gasteiger partial charge in [-0.2, -0.15) is 28.2 Å². The molecule has 4 aliphatic heterocycles. The number of anilines is 2. The van der Waals surface area contributed by atoms with E-state index in [2.05, 4.69) is 26.7 Å². The van der Waals surface area contributed by atoms with E-state index in [0.717, 1.165) is 30.6 Å². The number of nitrogens with zero attached hydrogens (tertiary/aromatic N) is 7. The Hall–Kier alpha value is -4.68. The van der Waals surface area contributed by atoms with Crippen LogP contribution in [0.1, 0.15) is 88.4 Å². The van der Waals surface area contributed by atoms with Crippen LogP contribution in [0.4, 0.5) is 29.1 Å². The third-order valence-electron chi connectivity index (χ3n) is 10.6. The Morgan fingerprint density at radius 3 is 2.73 bits per heavy atom. The largest absolute Gasteiger partial charge is 0.461 e. The highest BCUT2D eigenvalue weighted by Gasteiger charge is 2.47. The number of fused-ring (bicyclic) bond motifs is 3. The van der Waals surface area contributed by atoms with Crippen molar-refractivity contribution in [3.8, 4) is 17.9 Å². The molecule has 2 fully saturated rings. The van der Waals surface area contributed by atoms with Gasteiger partial charge in [0, 0.05) is 62.5 Å². The molecule has 0 aliphatic carbocycles. The number of nitrogen functional groups attached to an aromatic ring is 1. The summed E-state index contributed by atoms with van der Waals surface area (Å²) in [6.45, 7) is 6.45. The number of nitrogens with two attached hydrogens (primary N) is 1. The van der Waals surface area contributed by atoms with Crippen molar-refractivity contribution in [1.82, 2.24) is 29.5 Å². The van der Waals surface area contributed by atoms with Gasteiger partial charge in [0.15, 0.2) is 5.69 Å². The summed E-state index contributed by atoms with van der Waals surface area (Å²) in [5, 5.41) is 4.65. The maximum absolute atomic E-state index is 14.6. The van der Waals surface area contributed by atoms with Crippen LogP contribution in [-0.2, 0) is 37.0 Å². The molecule has 0 bridgehead atoms. The molecule has 4 aliphatic rings. The van der Waals surface area contributed by atoms with Crippen LogP contribution in [0.15, 0.2) is 24.0 Å². The van der Waals surface area contributed by atoms with Crippen LogP contribution in [0.3, 0.4) is 0 Å². The summed E-state index contributed by atoms with van der Waals surface area (Å²) in [5.41, 5.74) is 8.55. The van der Waals surface area contributed by atoms with Gasteiger partial charge in [-0.05, 0) is 69.3 Å². The van der Waals surface area contributed by atoms with Gasteiger partial charge in [-0.15, -0.1) is 5.92 Å². The predicted molar refractivity (Wildman–Crippen MR) is 185 cm³/mol. The number of ether oxygens (including phenoxy) is 2. The van der Waals surface area contributed by atoms with Gasteiger partial charge in [-0.3, -0.25) is 14.4 Å². The van der Waals surface area contributed by atoms with E-state index >= 15 is 0 Å². The van der Waals surface area contributed by atoms with Crippen molar-refractivity contribution in [1.29, 1.82) is 0 Å². The number of amides is 1. The Balaban J connectivity index is 1.28. The SMILES string of the molecule is CC#Cc1cc(N)cc([C@@H]2Cc3nc(OC[C@@]45CCCN4C/C(=C\F)C5)nc(N4CCCn5nc(C(=O)N(C)C)c(C)c5C4)c3CO2)c1C(F)(F)F. The molecule has 2 saturated heterocycles. The molecule has 2 atom stereocenters. The van der Waals surface area contributed by atoms with Crippen LogP contribution in [-0.4, -0.2) is 81.3 Å². The van der Waals surface area contributed by atoms with Crippen molar-refractivity contribution >= 4 is 17.4 Å². The van der Waals surface area contributed by atoms with E-state index in [4.69, 9.17) is 25.2 Å². The average Bonchev–Trinajstić information content (AvgIpc) is 3.69. The van der Waals surface area contributed by atoms with Crippen molar-refractivity contribution in [3.05, 3.63) is 68.9 Å². The molecule has 15 heteroatoms. The lowest BCUT2D eigenvalue weighted by Crippen LogP contribution is -2.43. The Labute approximate surface area is 299 Å². The van der Waals surface area contributed by atoms with E-state index in [0.29, 0.717) is 73.7 Å². The molecule has 1 aromatic carbocycles. The van der Waals surface area contributed by atoms with Gasteiger partial charge in [0.2, 0.25) is 0 Å². The van der Waals surface area contributed by atoms with E-state index in [-0.39, 0.29) is 53.9 Å². The van der Waals surface area contributed by atoms with Crippen molar-refractivity contribution in [2.75, 3.05) is 51.0 Å². The number of rotatable bonds is 6. The lowest BCUT2D eigenvalue weighted by atomic mass is 9.91. The van der Waals surface area contributed by atoms with E-state index in [9.17, 15) is 22.4 Å². The molecule has 11 nitrogen and oxygen atoms in total. The normalized spacial score (nSPS) is 22.3. The molecule has 7 rings (SSSR count). The first kappa shape index (κ1) is 35.7. The number of aromatic nitrogens is 4. The summed E-state index contributed by atoms with van der Waals surface area (Å²) in [6, 6.07) is 2.62. The number of hydrogen-bond acceptors (Lipinski definition) is 9. The molecule has 6 heterocycles. The molecule has 0 spiro atoms. The predicted octanol–water partition coefficient (Wildman–Crippen LogP) is 5.35. The number of carbonyl (C=O) groups excluding carboxylic acids is 1. The maximum atomic E-state index is 14.6. The first-order valence-corrected chi connectivity index (χ1v) is 17.5. The molecule has 3 aromatic rings. The minimum absolute atomic E-state index is 0.00499. The Kier molecular flexibility index (Phi) is 9.41. The molecule has 0 unspecified atom stereocenters. The van der Waals surface area contributed by atoms with E-state index < -0.39 is 17.8 Å². The van der Waals surface area contributed by atoms with Crippen LogP contribution < -0.4 is 15.4 Å². The number of hydrogen-bond donors (Lipinski definition) is 1.